The maximum absolute atomic E-state index is 11.7. The number of nitrogens with zero attached hydrogens (tertiary/aromatic N) is 6. The Hall–Kier alpha value is -2.94. The Bertz CT molecular complexity index is 1240. The largest absolute Gasteiger partial charge is 0.300 e. The van der Waals surface area contributed by atoms with Gasteiger partial charge < -0.3 is 4.57 Å². The molecule has 8 nitrogen and oxygen atoms in total. The number of rotatable bonds is 2. The van der Waals surface area contributed by atoms with Gasteiger partial charge in [-0.25, -0.2) is 14.6 Å². The van der Waals surface area contributed by atoms with Crippen LogP contribution in [-0.2, 0) is 13.1 Å². The molecule has 0 spiro atoms. The molecule has 4 heterocycles. The lowest BCUT2D eigenvalue weighted by Gasteiger charge is -2.08. The molecule has 0 unspecified atom stereocenters. The normalized spacial score (nSPS) is 12.4. The van der Waals surface area contributed by atoms with Crippen LogP contribution in [-0.4, -0.2) is 34.1 Å². The Kier molecular flexibility index (Phi) is 3.48. The van der Waals surface area contributed by atoms with Crippen molar-refractivity contribution < 1.29 is 0 Å². The second-order valence-corrected chi connectivity index (χ2v) is 7.61. The number of hydrogen-bond donors (Lipinski definition) is 1. The highest BCUT2D eigenvalue weighted by atomic mass is 79.9. The zero-order valence-electron chi connectivity index (χ0n) is 14.8. The Morgan fingerprint density at radius 2 is 2.15 bits per heavy atom. The van der Waals surface area contributed by atoms with Crippen LogP contribution >= 0.6 is 15.9 Å². The molecule has 0 radical (unpaired) electrons. The summed E-state index contributed by atoms with van der Waals surface area (Å²) < 4.78 is 6.69. The third-order valence-corrected chi connectivity index (χ3v) is 5.31. The van der Waals surface area contributed by atoms with Gasteiger partial charge in [0.25, 0.3) is 5.56 Å². The standard InChI is InChI=1S/C18H16BrN7O/c1-10-6-24(23-18(10)27)8-16-21-17-13-5-12(19)3-4-14(13)25-9-20-11(2)15(25)7-26(17)22-16/h3-6,9H,7-8H2,1-2H3,(H,23,27). The lowest BCUT2D eigenvalue weighted by Crippen LogP contribution is -2.09. The van der Waals surface area contributed by atoms with Crippen LogP contribution in [0, 0.1) is 13.8 Å². The van der Waals surface area contributed by atoms with Crippen molar-refractivity contribution >= 4 is 15.9 Å². The molecule has 0 amide bonds. The minimum Gasteiger partial charge on any atom is -0.300 e. The summed E-state index contributed by atoms with van der Waals surface area (Å²) in [7, 11) is 0. The van der Waals surface area contributed by atoms with Crippen molar-refractivity contribution in [1.82, 2.24) is 34.1 Å². The highest BCUT2D eigenvalue weighted by Crippen LogP contribution is 2.33. The number of benzene rings is 1. The number of hydrogen-bond acceptors (Lipinski definition) is 4. The first-order valence-electron chi connectivity index (χ1n) is 8.52. The molecule has 4 aromatic rings. The number of aromatic amines is 1. The molecule has 3 aromatic heterocycles. The number of imidazole rings is 1. The SMILES string of the molecule is Cc1ncn2c1Cn1nc(Cn3cc(C)c(=O)[nH]3)nc1-c1cc(Br)ccc1-2. The van der Waals surface area contributed by atoms with Gasteiger partial charge in [0.1, 0.15) is 6.54 Å². The van der Waals surface area contributed by atoms with Crippen molar-refractivity contribution in [3.63, 3.8) is 0 Å². The van der Waals surface area contributed by atoms with Gasteiger partial charge in [0.15, 0.2) is 11.6 Å². The fourth-order valence-electron chi connectivity index (χ4n) is 3.45. The van der Waals surface area contributed by atoms with E-state index in [0.29, 0.717) is 24.5 Å². The molecule has 0 aliphatic carbocycles. The fraction of sp³-hybridized carbons (Fsp3) is 0.222. The van der Waals surface area contributed by atoms with E-state index in [9.17, 15) is 4.79 Å². The number of aryl methyl sites for hydroxylation is 2. The molecule has 0 atom stereocenters. The van der Waals surface area contributed by atoms with Crippen molar-refractivity contribution in [2.24, 2.45) is 0 Å². The number of halogens is 1. The van der Waals surface area contributed by atoms with E-state index < -0.39 is 0 Å². The van der Waals surface area contributed by atoms with Crippen LogP contribution in [0.15, 0.2) is 40.0 Å². The molecule has 0 bridgehead atoms. The Balaban J connectivity index is 1.66. The predicted molar refractivity (Wildman–Crippen MR) is 103 cm³/mol. The summed E-state index contributed by atoms with van der Waals surface area (Å²) in [6.07, 6.45) is 3.62. The Morgan fingerprint density at radius 1 is 1.30 bits per heavy atom. The summed E-state index contributed by atoms with van der Waals surface area (Å²) in [6, 6.07) is 6.12. The number of fused-ring (bicyclic) bond motifs is 5. The quantitative estimate of drug-likeness (QED) is 0.470. The van der Waals surface area contributed by atoms with Gasteiger partial charge in [-0.15, -0.1) is 0 Å². The van der Waals surface area contributed by atoms with E-state index in [4.69, 9.17) is 10.1 Å². The van der Waals surface area contributed by atoms with E-state index in [1.165, 1.54) is 0 Å². The molecule has 0 saturated carbocycles. The zero-order chi connectivity index (χ0) is 18.7. The first kappa shape index (κ1) is 16.2. The molecule has 1 aliphatic heterocycles. The van der Waals surface area contributed by atoms with E-state index in [1.54, 1.807) is 17.8 Å². The molecule has 1 aliphatic rings. The van der Waals surface area contributed by atoms with Gasteiger partial charge in [0.2, 0.25) is 0 Å². The van der Waals surface area contributed by atoms with Crippen molar-refractivity contribution in [1.29, 1.82) is 0 Å². The van der Waals surface area contributed by atoms with Crippen LogP contribution in [0.2, 0.25) is 0 Å². The molecule has 5 rings (SSSR count). The second kappa shape index (κ2) is 5.78. The van der Waals surface area contributed by atoms with Crippen molar-refractivity contribution in [2.45, 2.75) is 26.9 Å². The first-order valence-corrected chi connectivity index (χ1v) is 9.32. The average molecular weight is 426 g/mol. The summed E-state index contributed by atoms with van der Waals surface area (Å²) in [4.78, 5) is 20.9. The van der Waals surface area contributed by atoms with Crippen molar-refractivity contribution in [3.05, 3.63) is 68.3 Å². The summed E-state index contributed by atoms with van der Waals surface area (Å²) in [5, 5.41) is 7.48. The summed E-state index contributed by atoms with van der Waals surface area (Å²) in [5.74, 6) is 1.45. The van der Waals surface area contributed by atoms with Gasteiger partial charge in [0.05, 0.1) is 29.9 Å². The molecular weight excluding hydrogens is 410 g/mol. The third-order valence-electron chi connectivity index (χ3n) is 4.81. The number of nitrogens with one attached hydrogen (secondary N) is 1. The van der Waals surface area contributed by atoms with E-state index >= 15 is 0 Å². The maximum atomic E-state index is 11.7. The van der Waals surface area contributed by atoms with Crippen LogP contribution in [0.4, 0.5) is 0 Å². The van der Waals surface area contributed by atoms with E-state index in [0.717, 1.165) is 32.9 Å². The van der Waals surface area contributed by atoms with Gasteiger partial charge in [-0.2, -0.15) is 5.10 Å². The minimum atomic E-state index is -0.0930. The lowest BCUT2D eigenvalue weighted by atomic mass is 10.1. The Labute approximate surface area is 162 Å². The monoisotopic (exact) mass is 425 g/mol. The van der Waals surface area contributed by atoms with E-state index in [-0.39, 0.29) is 5.56 Å². The van der Waals surface area contributed by atoms with Gasteiger partial charge in [-0.3, -0.25) is 14.6 Å². The average Bonchev–Trinajstić information content (AvgIpc) is 3.26. The second-order valence-electron chi connectivity index (χ2n) is 6.70. The van der Waals surface area contributed by atoms with Gasteiger partial charge in [-0.05, 0) is 32.0 Å². The topological polar surface area (TPSA) is 86.3 Å². The molecule has 9 heteroatoms. The van der Waals surface area contributed by atoms with Gasteiger partial charge >= 0.3 is 0 Å². The lowest BCUT2D eigenvalue weighted by molar-refractivity contribution is 0.618. The highest BCUT2D eigenvalue weighted by molar-refractivity contribution is 9.10. The molecule has 1 aromatic carbocycles. The number of aromatic nitrogens is 7. The summed E-state index contributed by atoms with van der Waals surface area (Å²) in [6.45, 7) is 4.77. The number of H-pyrrole nitrogens is 1. The molecule has 136 valence electrons. The highest BCUT2D eigenvalue weighted by Gasteiger charge is 2.24. The van der Waals surface area contributed by atoms with Crippen LogP contribution in [0.25, 0.3) is 17.1 Å². The van der Waals surface area contributed by atoms with Crippen LogP contribution < -0.4 is 5.56 Å². The zero-order valence-corrected chi connectivity index (χ0v) is 16.4. The molecule has 1 N–H and O–H groups in total. The predicted octanol–water partition coefficient (Wildman–Crippen LogP) is 2.41. The van der Waals surface area contributed by atoms with Crippen LogP contribution in [0.5, 0.6) is 0 Å². The minimum absolute atomic E-state index is 0.0930. The van der Waals surface area contributed by atoms with Crippen LogP contribution in [0.3, 0.4) is 0 Å². The third kappa shape index (κ3) is 2.57. The fourth-order valence-corrected chi connectivity index (χ4v) is 3.81. The van der Waals surface area contributed by atoms with E-state index in [2.05, 4.69) is 36.6 Å². The van der Waals surface area contributed by atoms with Crippen molar-refractivity contribution in [3.8, 4) is 17.1 Å². The van der Waals surface area contributed by atoms with Gasteiger partial charge in [0, 0.05) is 21.8 Å². The first-order chi connectivity index (χ1) is 13.0. The molecule has 27 heavy (non-hydrogen) atoms. The summed E-state index contributed by atoms with van der Waals surface area (Å²) in [5.41, 5.74) is 4.64. The summed E-state index contributed by atoms with van der Waals surface area (Å²) >= 11 is 3.56. The Morgan fingerprint density at radius 3 is 2.93 bits per heavy atom. The maximum Gasteiger partial charge on any atom is 0.266 e. The van der Waals surface area contributed by atoms with E-state index in [1.807, 2.05) is 30.1 Å². The van der Waals surface area contributed by atoms with Gasteiger partial charge in [-0.1, -0.05) is 15.9 Å². The smallest absolute Gasteiger partial charge is 0.266 e. The molecule has 0 saturated heterocycles. The molecular formula is C18H16BrN7O. The molecule has 0 fully saturated rings. The van der Waals surface area contributed by atoms with Crippen LogP contribution in [0.1, 0.15) is 22.8 Å². The van der Waals surface area contributed by atoms with Crippen molar-refractivity contribution in [2.75, 3.05) is 0 Å².